The maximum Gasteiger partial charge on any atom is 0.341 e. The van der Waals surface area contributed by atoms with Gasteiger partial charge in [0.05, 0.1) is 12.7 Å². The van der Waals surface area contributed by atoms with Crippen molar-refractivity contribution in [3.05, 3.63) is 28.5 Å². The van der Waals surface area contributed by atoms with E-state index in [1.807, 2.05) is 0 Å². The summed E-state index contributed by atoms with van der Waals surface area (Å²) < 4.78 is 4.57. The van der Waals surface area contributed by atoms with E-state index in [4.69, 9.17) is 23.2 Å². The molecule has 0 radical (unpaired) electrons. The molecule has 16 heavy (non-hydrogen) atoms. The molecule has 0 unspecified atom stereocenters. The number of halogens is 2. The Labute approximate surface area is 104 Å². The number of carbonyl (C=O) groups is 1. The third kappa shape index (κ3) is 3.41. The van der Waals surface area contributed by atoms with E-state index < -0.39 is 5.97 Å². The van der Waals surface area contributed by atoms with Gasteiger partial charge in [-0.05, 0) is 6.07 Å². The number of esters is 1. The van der Waals surface area contributed by atoms with E-state index in [1.165, 1.54) is 13.3 Å². The minimum absolute atomic E-state index is 0.106. The van der Waals surface area contributed by atoms with E-state index in [-0.39, 0.29) is 10.7 Å². The van der Waals surface area contributed by atoms with Gasteiger partial charge in [-0.25, -0.2) is 9.78 Å². The Hall–Kier alpha value is -1.24. The van der Waals surface area contributed by atoms with Crippen LogP contribution in [0.25, 0.3) is 0 Å². The van der Waals surface area contributed by atoms with Crippen LogP contribution in [0.15, 0.2) is 12.3 Å². The van der Waals surface area contributed by atoms with Crippen molar-refractivity contribution < 1.29 is 9.53 Å². The lowest BCUT2D eigenvalue weighted by Crippen LogP contribution is -2.03. The molecule has 0 fully saturated rings. The van der Waals surface area contributed by atoms with Gasteiger partial charge in [-0.2, -0.15) is 0 Å². The minimum Gasteiger partial charge on any atom is -0.465 e. The predicted octanol–water partition coefficient (Wildman–Crippen LogP) is 2.50. The largest absolute Gasteiger partial charge is 0.465 e. The second kappa shape index (κ2) is 6.37. The number of ether oxygens (including phenoxy) is 1. The van der Waals surface area contributed by atoms with E-state index >= 15 is 0 Å². The second-order valence-electron chi connectivity index (χ2n) is 2.79. The number of rotatable bonds is 2. The third-order valence-corrected chi connectivity index (χ3v) is 2.19. The average molecular weight is 258 g/mol. The van der Waals surface area contributed by atoms with Crippen LogP contribution in [0, 0.1) is 11.8 Å². The molecule has 0 aliphatic rings. The summed E-state index contributed by atoms with van der Waals surface area (Å²) in [5.74, 6) is 5.61. The molecule has 0 saturated heterocycles. The molecule has 0 atom stereocenters. The summed E-state index contributed by atoms with van der Waals surface area (Å²) in [6.45, 7) is 0. The van der Waals surface area contributed by atoms with Gasteiger partial charge in [-0.3, -0.25) is 0 Å². The zero-order valence-corrected chi connectivity index (χ0v) is 10.1. The molecule has 0 saturated carbocycles. The maximum atomic E-state index is 11.3. The summed E-state index contributed by atoms with van der Waals surface area (Å²) in [6, 6.07) is 1.54. The van der Waals surface area contributed by atoms with Crippen molar-refractivity contribution in [2.45, 2.75) is 6.42 Å². The summed E-state index contributed by atoms with van der Waals surface area (Å²) in [5.41, 5.74) is 0.816. The Morgan fingerprint density at radius 3 is 3.00 bits per heavy atom. The summed E-state index contributed by atoms with van der Waals surface area (Å²) in [7, 11) is 1.28. The first-order valence-electron chi connectivity index (χ1n) is 4.47. The molecule has 1 aromatic heterocycles. The van der Waals surface area contributed by atoms with Gasteiger partial charge < -0.3 is 4.74 Å². The monoisotopic (exact) mass is 257 g/mol. The van der Waals surface area contributed by atoms with Gasteiger partial charge in [0.25, 0.3) is 0 Å². The molecule has 5 heteroatoms. The van der Waals surface area contributed by atoms with Crippen molar-refractivity contribution in [2.24, 2.45) is 0 Å². The minimum atomic E-state index is -0.529. The molecule has 0 spiro atoms. The zero-order chi connectivity index (χ0) is 12.0. The standard InChI is InChI=1S/C11H9Cl2NO2/c1-16-11(15)9-6-8(4-2-3-5-12)7-14-10(9)13/h6-7H,3,5H2,1H3. The smallest absolute Gasteiger partial charge is 0.341 e. The van der Waals surface area contributed by atoms with Gasteiger partial charge in [0.1, 0.15) is 5.15 Å². The molecule has 0 aliphatic heterocycles. The number of aromatic nitrogens is 1. The van der Waals surface area contributed by atoms with Crippen LogP contribution in [0.1, 0.15) is 22.3 Å². The molecule has 1 aromatic rings. The molecule has 1 heterocycles. The lowest BCUT2D eigenvalue weighted by molar-refractivity contribution is 0.0600. The topological polar surface area (TPSA) is 39.2 Å². The zero-order valence-electron chi connectivity index (χ0n) is 8.59. The maximum absolute atomic E-state index is 11.3. The van der Waals surface area contributed by atoms with Gasteiger partial charge in [-0.15, -0.1) is 11.6 Å². The molecule has 84 valence electrons. The second-order valence-corrected chi connectivity index (χ2v) is 3.53. The number of pyridine rings is 1. The van der Waals surface area contributed by atoms with Gasteiger partial charge in [-0.1, -0.05) is 23.4 Å². The molecule has 0 aliphatic carbocycles. The van der Waals surface area contributed by atoms with Crippen molar-refractivity contribution >= 4 is 29.2 Å². The highest BCUT2D eigenvalue weighted by Gasteiger charge is 2.11. The molecule has 3 nitrogen and oxygen atoms in total. The number of alkyl halides is 1. The van der Waals surface area contributed by atoms with Crippen LogP contribution in [-0.4, -0.2) is 23.9 Å². The highest BCUT2D eigenvalue weighted by Crippen LogP contribution is 2.14. The van der Waals surface area contributed by atoms with E-state index in [0.717, 1.165) is 0 Å². The van der Waals surface area contributed by atoms with Crippen LogP contribution in [0.4, 0.5) is 0 Å². The van der Waals surface area contributed by atoms with Crippen LogP contribution >= 0.6 is 23.2 Å². The van der Waals surface area contributed by atoms with Crippen LogP contribution in [0.5, 0.6) is 0 Å². The number of hydrogen-bond acceptors (Lipinski definition) is 3. The predicted molar refractivity (Wildman–Crippen MR) is 62.8 cm³/mol. The highest BCUT2D eigenvalue weighted by atomic mass is 35.5. The van der Waals surface area contributed by atoms with Gasteiger partial charge in [0.15, 0.2) is 0 Å². The van der Waals surface area contributed by atoms with Crippen LogP contribution in [0.2, 0.25) is 5.15 Å². The van der Waals surface area contributed by atoms with Crippen LogP contribution in [0.3, 0.4) is 0 Å². The molecule has 0 amide bonds. The number of carbonyl (C=O) groups excluding carboxylic acids is 1. The fraction of sp³-hybridized carbons (Fsp3) is 0.273. The molecule has 0 N–H and O–H groups in total. The lowest BCUT2D eigenvalue weighted by atomic mass is 10.2. The Balaban J connectivity index is 2.99. The summed E-state index contributed by atoms with van der Waals surface area (Å²) in [5, 5.41) is 0.106. The number of hydrogen-bond donors (Lipinski definition) is 0. The first kappa shape index (κ1) is 12.8. The molecule has 0 aromatic carbocycles. The summed E-state index contributed by atoms with van der Waals surface area (Å²) >= 11 is 11.2. The third-order valence-electron chi connectivity index (χ3n) is 1.70. The van der Waals surface area contributed by atoms with Crippen LogP contribution in [-0.2, 0) is 4.74 Å². The Morgan fingerprint density at radius 2 is 2.38 bits per heavy atom. The van der Waals surface area contributed by atoms with E-state index in [0.29, 0.717) is 17.9 Å². The number of nitrogens with zero attached hydrogens (tertiary/aromatic N) is 1. The Bertz CT molecular complexity index is 449. The molecular formula is C11H9Cl2NO2. The first-order chi connectivity index (χ1) is 7.69. The number of methoxy groups -OCH3 is 1. The molecular weight excluding hydrogens is 249 g/mol. The fourth-order valence-electron chi connectivity index (χ4n) is 0.981. The molecule has 0 bridgehead atoms. The Kier molecular flexibility index (Phi) is 5.10. The summed E-state index contributed by atoms with van der Waals surface area (Å²) in [6.07, 6.45) is 2.08. The lowest BCUT2D eigenvalue weighted by Gasteiger charge is -2.01. The van der Waals surface area contributed by atoms with Crippen molar-refractivity contribution in [2.75, 3.05) is 13.0 Å². The van der Waals surface area contributed by atoms with Crippen molar-refractivity contribution in [3.8, 4) is 11.8 Å². The van der Waals surface area contributed by atoms with Gasteiger partial charge in [0.2, 0.25) is 0 Å². The summed E-state index contributed by atoms with van der Waals surface area (Å²) in [4.78, 5) is 15.2. The van der Waals surface area contributed by atoms with Crippen molar-refractivity contribution in [1.29, 1.82) is 0 Å². The SMILES string of the molecule is COC(=O)c1cc(C#CCCCl)cnc1Cl. The highest BCUT2D eigenvalue weighted by molar-refractivity contribution is 6.32. The van der Waals surface area contributed by atoms with Crippen molar-refractivity contribution in [1.82, 2.24) is 4.98 Å². The van der Waals surface area contributed by atoms with Gasteiger partial charge >= 0.3 is 5.97 Å². The first-order valence-corrected chi connectivity index (χ1v) is 5.39. The normalized spacial score (nSPS) is 9.19. The van der Waals surface area contributed by atoms with E-state index in [1.54, 1.807) is 6.07 Å². The van der Waals surface area contributed by atoms with Crippen molar-refractivity contribution in [3.63, 3.8) is 0 Å². The van der Waals surface area contributed by atoms with Crippen LogP contribution < -0.4 is 0 Å². The fourth-order valence-corrected chi connectivity index (χ4v) is 1.26. The van der Waals surface area contributed by atoms with E-state index in [2.05, 4.69) is 21.6 Å². The molecule has 1 rings (SSSR count). The quantitative estimate of drug-likeness (QED) is 0.354. The van der Waals surface area contributed by atoms with Gasteiger partial charge in [0, 0.05) is 24.1 Å². The Morgan fingerprint density at radius 1 is 1.62 bits per heavy atom. The average Bonchev–Trinajstić information content (AvgIpc) is 2.30. The van der Waals surface area contributed by atoms with E-state index in [9.17, 15) is 4.79 Å².